The maximum atomic E-state index is 12.7. The molecule has 1 fully saturated rings. The molecule has 23 heteroatoms. The fourth-order valence-corrected chi connectivity index (χ4v) is 7.41. The standard InChI is InChI=1S/C41H73N11O12/c42-12-14-43-15-16-44-17-18-45-19-20-47-35(54)9-8-33(41(63)64)51-28-24-48(30-38(57)58)22-26-50(27-23-49(25-29-51)31-39(59)60)32(40(61)62)6-3-4-13-46-34(53)7-2-1-5-21-52-36(55)10-11-37(52)56/h10-11,32-33,43-45H,1-9,12-31,42H2,(H,46,53)(H,47,54)(H,57,58)(H,59,60)(H,61,62)(H,63,64). The van der Waals surface area contributed by atoms with Crippen LogP contribution in [-0.4, -0.2) is 235 Å². The lowest BCUT2D eigenvalue weighted by molar-refractivity contribution is -0.145. The van der Waals surface area contributed by atoms with Crippen LogP contribution in [0.3, 0.4) is 0 Å². The number of unbranched alkanes of at least 4 members (excludes halogenated alkanes) is 3. The Morgan fingerprint density at radius 3 is 1.47 bits per heavy atom. The Hall–Kier alpha value is -4.62. The number of aliphatic carboxylic acids is 4. The lowest BCUT2D eigenvalue weighted by Gasteiger charge is -2.37. The molecule has 0 aromatic rings. The van der Waals surface area contributed by atoms with Gasteiger partial charge in [0.25, 0.3) is 11.8 Å². The molecule has 2 aliphatic rings. The smallest absolute Gasteiger partial charge is 0.320 e. The number of carboxylic acid groups (broad SMARTS) is 4. The zero-order valence-corrected chi connectivity index (χ0v) is 37.2. The number of nitrogens with two attached hydrogens (primary N) is 1. The van der Waals surface area contributed by atoms with E-state index in [1.165, 1.54) is 12.2 Å². The van der Waals surface area contributed by atoms with Crippen molar-refractivity contribution in [2.24, 2.45) is 5.73 Å². The average Bonchev–Trinajstić information content (AvgIpc) is 3.55. The third-order valence-corrected chi connectivity index (χ3v) is 10.9. The van der Waals surface area contributed by atoms with E-state index in [4.69, 9.17) is 5.73 Å². The number of carbonyl (C=O) groups is 8. The molecule has 0 radical (unpaired) electrons. The van der Waals surface area contributed by atoms with E-state index in [2.05, 4.69) is 26.6 Å². The first-order valence-corrected chi connectivity index (χ1v) is 22.4. The summed E-state index contributed by atoms with van der Waals surface area (Å²) in [5, 5.41) is 55.4. The van der Waals surface area contributed by atoms with Gasteiger partial charge in [0, 0.05) is 143 Å². The van der Waals surface area contributed by atoms with Crippen molar-refractivity contribution < 1.29 is 58.8 Å². The first-order valence-electron chi connectivity index (χ1n) is 22.4. The first-order chi connectivity index (χ1) is 30.7. The normalized spacial score (nSPS) is 17.1. The van der Waals surface area contributed by atoms with Gasteiger partial charge in [-0.2, -0.15) is 0 Å². The van der Waals surface area contributed by atoms with E-state index >= 15 is 0 Å². The number of carbonyl (C=O) groups excluding carboxylic acids is 4. The highest BCUT2D eigenvalue weighted by Gasteiger charge is 2.31. The zero-order valence-electron chi connectivity index (χ0n) is 37.2. The molecule has 0 saturated carbocycles. The van der Waals surface area contributed by atoms with Gasteiger partial charge in [-0.3, -0.25) is 62.9 Å². The molecule has 2 aliphatic heterocycles. The van der Waals surface area contributed by atoms with Crippen LogP contribution in [-0.2, 0) is 38.4 Å². The minimum Gasteiger partial charge on any atom is -0.480 e. The van der Waals surface area contributed by atoms with E-state index in [-0.39, 0.29) is 115 Å². The molecule has 2 atom stereocenters. The Labute approximate surface area is 375 Å². The number of imide groups is 1. The van der Waals surface area contributed by atoms with Gasteiger partial charge in [-0.15, -0.1) is 0 Å². The van der Waals surface area contributed by atoms with Crippen molar-refractivity contribution in [3.05, 3.63) is 12.2 Å². The molecule has 0 aromatic carbocycles. The maximum absolute atomic E-state index is 12.7. The van der Waals surface area contributed by atoms with E-state index in [1.54, 1.807) is 19.6 Å². The molecule has 0 aliphatic carbocycles. The fraction of sp³-hybridized carbons (Fsp3) is 0.756. The summed E-state index contributed by atoms with van der Waals surface area (Å²) in [7, 11) is 0. The van der Waals surface area contributed by atoms with Gasteiger partial charge >= 0.3 is 23.9 Å². The molecular formula is C41H73N11O12. The second-order valence-corrected chi connectivity index (χ2v) is 15.9. The minimum absolute atomic E-state index is 0.0301. The summed E-state index contributed by atoms with van der Waals surface area (Å²) in [6.45, 7) is 6.11. The number of nitrogens with one attached hydrogen (secondary N) is 5. The lowest BCUT2D eigenvalue weighted by Crippen LogP contribution is -2.53. The van der Waals surface area contributed by atoms with Crippen LogP contribution in [0, 0.1) is 0 Å². The van der Waals surface area contributed by atoms with Crippen LogP contribution in [0.15, 0.2) is 12.2 Å². The van der Waals surface area contributed by atoms with Crippen molar-refractivity contribution >= 4 is 47.5 Å². The molecule has 11 N–H and O–H groups in total. The Balaban J connectivity index is 1.93. The molecule has 2 heterocycles. The largest absolute Gasteiger partial charge is 0.480 e. The Kier molecular flexibility index (Phi) is 28.6. The van der Waals surface area contributed by atoms with Crippen LogP contribution >= 0.6 is 0 Å². The highest BCUT2D eigenvalue weighted by molar-refractivity contribution is 6.12. The third kappa shape index (κ3) is 24.4. The Bertz CT molecular complexity index is 1460. The summed E-state index contributed by atoms with van der Waals surface area (Å²) < 4.78 is 0. The van der Waals surface area contributed by atoms with Crippen molar-refractivity contribution in [2.75, 3.05) is 131 Å². The predicted molar refractivity (Wildman–Crippen MR) is 235 cm³/mol. The zero-order chi connectivity index (χ0) is 47.1. The Morgan fingerprint density at radius 1 is 0.531 bits per heavy atom. The third-order valence-electron chi connectivity index (χ3n) is 10.9. The van der Waals surface area contributed by atoms with Gasteiger partial charge in [0.05, 0.1) is 13.1 Å². The van der Waals surface area contributed by atoms with E-state index in [0.717, 1.165) is 31.1 Å². The summed E-state index contributed by atoms with van der Waals surface area (Å²) in [6.07, 6.45) is 5.61. The monoisotopic (exact) mass is 912 g/mol. The van der Waals surface area contributed by atoms with Crippen molar-refractivity contribution in [2.45, 2.75) is 69.9 Å². The number of rotatable bonds is 33. The van der Waals surface area contributed by atoms with Gasteiger partial charge in [0.15, 0.2) is 0 Å². The molecule has 2 unspecified atom stereocenters. The summed E-state index contributed by atoms with van der Waals surface area (Å²) >= 11 is 0. The highest BCUT2D eigenvalue weighted by atomic mass is 16.4. The van der Waals surface area contributed by atoms with Crippen LogP contribution < -0.4 is 32.3 Å². The van der Waals surface area contributed by atoms with Crippen LogP contribution in [0.1, 0.15) is 57.8 Å². The van der Waals surface area contributed by atoms with Gasteiger partial charge < -0.3 is 52.7 Å². The topological polar surface area (TPSA) is 320 Å². The minimum atomic E-state index is -1.17. The van der Waals surface area contributed by atoms with E-state index in [9.17, 15) is 58.8 Å². The summed E-state index contributed by atoms with van der Waals surface area (Å²) in [5.41, 5.74) is 5.45. The van der Waals surface area contributed by atoms with Crippen LogP contribution in [0.25, 0.3) is 0 Å². The SMILES string of the molecule is NCCNCCNCCNCCNC(=O)CCC(C(=O)O)N1CCN(CC(=O)O)CCN(C(CCCCNC(=O)CCCCCN2C(=O)C=CC2=O)C(=O)O)CCN(CC(=O)O)CC1. The van der Waals surface area contributed by atoms with Crippen LogP contribution in [0.5, 0.6) is 0 Å². The summed E-state index contributed by atoms with van der Waals surface area (Å²) in [5.74, 6) is -5.65. The first kappa shape index (κ1) is 55.5. The number of nitrogens with zero attached hydrogens (tertiary/aromatic N) is 5. The molecule has 364 valence electrons. The Morgan fingerprint density at radius 2 is 0.984 bits per heavy atom. The van der Waals surface area contributed by atoms with Gasteiger partial charge in [-0.05, 0) is 38.5 Å². The maximum Gasteiger partial charge on any atom is 0.320 e. The van der Waals surface area contributed by atoms with Gasteiger partial charge in [-0.25, -0.2) is 0 Å². The second kappa shape index (κ2) is 32.9. The van der Waals surface area contributed by atoms with Gasteiger partial charge in [0.2, 0.25) is 11.8 Å². The van der Waals surface area contributed by atoms with Crippen molar-refractivity contribution in [1.29, 1.82) is 0 Å². The summed E-state index contributed by atoms with van der Waals surface area (Å²) in [4.78, 5) is 105. The van der Waals surface area contributed by atoms with Crippen molar-refractivity contribution in [3.63, 3.8) is 0 Å². The van der Waals surface area contributed by atoms with E-state index in [1.807, 2.05) is 0 Å². The van der Waals surface area contributed by atoms with Gasteiger partial charge in [-0.1, -0.05) is 6.42 Å². The van der Waals surface area contributed by atoms with E-state index in [0.29, 0.717) is 71.4 Å². The second-order valence-electron chi connectivity index (χ2n) is 15.9. The number of carboxylic acids is 4. The molecule has 0 aromatic heterocycles. The quantitative estimate of drug-likeness (QED) is 0.0228. The van der Waals surface area contributed by atoms with E-state index < -0.39 is 36.0 Å². The van der Waals surface area contributed by atoms with Crippen LogP contribution in [0.2, 0.25) is 0 Å². The van der Waals surface area contributed by atoms with Crippen molar-refractivity contribution in [3.8, 4) is 0 Å². The van der Waals surface area contributed by atoms with Crippen molar-refractivity contribution in [1.82, 2.24) is 51.1 Å². The number of amides is 4. The molecule has 4 amide bonds. The predicted octanol–water partition coefficient (Wildman–Crippen LogP) is -3.32. The molecule has 2 rings (SSSR count). The molecule has 0 bridgehead atoms. The van der Waals surface area contributed by atoms with Crippen LogP contribution in [0.4, 0.5) is 0 Å². The number of hydrogen-bond donors (Lipinski definition) is 10. The highest BCUT2D eigenvalue weighted by Crippen LogP contribution is 2.14. The average molecular weight is 912 g/mol. The molecular weight excluding hydrogens is 839 g/mol. The number of hydrogen-bond acceptors (Lipinski definition) is 16. The lowest BCUT2D eigenvalue weighted by atomic mass is 10.1. The van der Waals surface area contributed by atoms with Gasteiger partial charge in [0.1, 0.15) is 12.1 Å². The molecule has 64 heavy (non-hydrogen) atoms. The molecule has 0 spiro atoms. The molecule has 1 saturated heterocycles. The fourth-order valence-electron chi connectivity index (χ4n) is 7.41. The summed E-state index contributed by atoms with van der Waals surface area (Å²) in [6, 6.07) is -2.09. The molecule has 23 nitrogen and oxygen atoms in total.